The van der Waals surface area contributed by atoms with Crippen LogP contribution < -0.4 is 10.6 Å². The predicted octanol–water partition coefficient (Wildman–Crippen LogP) is 4.63. The maximum absolute atomic E-state index is 15.1. The molecular formula is C26H23F7N4O5S2. The van der Waals surface area contributed by atoms with Gasteiger partial charge in [-0.3, -0.25) is 4.90 Å². The minimum Gasteiger partial charge on any atom is -0.483 e. The third-order valence-electron chi connectivity index (χ3n) is 7.43. The van der Waals surface area contributed by atoms with Gasteiger partial charge in [-0.25, -0.2) is 26.2 Å². The molecule has 0 atom stereocenters. The van der Waals surface area contributed by atoms with Crippen LogP contribution in [0, 0.1) is 11.7 Å². The van der Waals surface area contributed by atoms with Crippen LogP contribution in [0.1, 0.15) is 24.0 Å². The normalized spacial score (nSPS) is 19.0. The molecule has 9 nitrogen and oxygen atoms in total. The largest absolute Gasteiger partial charge is 0.483 e. The molecule has 0 radical (unpaired) electrons. The van der Waals surface area contributed by atoms with E-state index in [0.29, 0.717) is 11.3 Å². The maximum Gasteiger partial charge on any atom is 0.416 e. The molecule has 18 heteroatoms. The Labute approximate surface area is 247 Å². The molecule has 0 saturated carbocycles. The Morgan fingerprint density at radius 3 is 2.02 bits per heavy atom. The molecule has 238 valence electrons. The van der Waals surface area contributed by atoms with Crippen LogP contribution in [0.4, 0.5) is 36.4 Å². The van der Waals surface area contributed by atoms with Crippen molar-refractivity contribution in [3.8, 4) is 0 Å². The lowest BCUT2D eigenvalue weighted by molar-refractivity contribution is -0.143. The number of benzene rings is 2. The van der Waals surface area contributed by atoms with Gasteiger partial charge in [0, 0.05) is 19.3 Å². The number of fused-ring (bicyclic) bond motifs is 1. The number of hydrogen-bond acceptors (Lipinski definition) is 8. The number of anilines is 1. The van der Waals surface area contributed by atoms with E-state index in [1.807, 2.05) is 0 Å². The van der Waals surface area contributed by atoms with E-state index in [9.17, 15) is 43.2 Å². The van der Waals surface area contributed by atoms with Crippen molar-refractivity contribution in [1.29, 1.82) is 0 Å². The van der Waals surface area contributed by atoms with Gasteiger partial charge in [0.05, 0.1) is 32.3 Å². The highest BCUT2D eigenvalue weighted by Crippen LogP contribution is 2.42. The molecule has 5 rings (SSSR count). The summed E-state index contributed by atoms with van der Waals surface area (Å²) in [6, 6.07) is 3.49. The average molecular weight is 669 g/mol. The van der Waals surface area contributed by atoms with Crippen molar-refractivity contribution in [2.75, 3.05) is 30.9 Å². The van der Waals surface area contributed by atoms with Crippen molar-refractivity contribution >= 4 is 31.9 Å². The molecule has 44 heavy (non-hydrogen) atoms. The minimum atomic E-state index is -5.22. The van der Waals surface area contributed by atoms with E-state index >= 15 is 4.39 Å². The summed E-state index contributed by atoms with van der Waals surface area (Å²) in [5, 5.41) is 0. The fourth-order valence-electron chi connectivity index (χ4n) is 5.20. The molecule has 1 fully saturated rings. The molecule has 0 amide bonds. The number of ether oxygens (including phenoxy) is 1. The highest BCUT2D eigenvalue weighted by atomic mass is 32.2. The van der Waals surface area contributed by atoms with Crippen LogP contribution in [-0.4, -0.2) is 53.4 Å². The Kier molecular flexibility index (Phi) is 7.77. The van der Waals surface area contributed by atoms with E-state index in [-0.39, 0.29) is 72.9 Å². The highest BCUT2D eigenvalue weighted by Gasteiger charge is 2.41. The first kappa shape index (κ1) is 31.8. The summed E-state index contributed by atoms with van der Waals surface area (Å²) in [6.07, 6.45) is -8.11. The molecule has 1 saturated heterocycles. The van der Waals surface area contributed by atoms with Crippen LogP contribution in [-0.2, 0) is 37.0 Å². The van der Waals surface area contributed by atoms with Gasteiger partial charge in [0.25, 0.3) is 0 Å². The van der Waals surface area contributed by atoms with Gasteiger partial charge in [-0.05, 0) is 60.7 Å². The fourth-order valence-corrected chi connectivity index (χ4v) is 7.38. The number of hydrogen-bond donors (Lipinski definition) is 1. The maximum atomic E-state index is 15.1. The molecule has 2 aromatic rings. The Morgan fingerprint density at radius 1 is 0.909 bits per heavy atom. The summed E-state index contributed by atoms with van der Waals surface area (Å²) in [6.45, 7) is -0.531. The van der Waals surface area contributed by atoms with Gasteiger partial charge >= 0.3 is 12.4 Å². The van der Waals surface area contributed by atoms with Gasteiger partial charge in [-0.1, -0.05) is 0 Å². The SMILES string of the molecule is CS(=O)(=O)c1ccc(N2C=NC(N)=C3OCC(C4CCN(S(=O)(=O)c5cc(C(F)(F)F)cc(C(F)(F)F)c5)CC4)=C32)c(F)c1. The van der Waals surface area contributed by atoms with Crippen LogP contribution in [0.15, 0.2) is 74.0 Å². The highest BCUT2D eigenvalue weighted by molar-refractivity contribution is 7.90. The summed E-state index contributed by atoms with van der Waals surface area (Å²) in [4.78, 5) is 3.95. The molecule has 0 aliphatic carbocycles. The molecule has 0 spiro atoms. The van der Waals surface area contributed by atoms with Crippen LogP contribution in [0.3, 0.4) is 0 Å². The number of alkyl halides is 6. The Hall–Kier alpha value is -3.64. The smallest absolute Gasteiger partial charge is 0.416 e. The quantitative estimate of drug-likeness (QED) is 0.462. The van der Waals surface area contributed by atoms with E-state index in [4.69, 9.17) is 10.5 Å². The second-order valence-corrected chi connectivity index (χ2v) is 14.3. The minimum absolute atomic E-state index is 0.0237. The van der Waals surface area contributed by atoms with Gasteiger partial charge in [0.1, 0.15) is 18.8 Å². The van der Waals surface area contributed by atoms with Crippen molar-refractivity contribution in [3.63, 3.8) is 0 Å². The van der Waals surface area contributed by atoms with Crippen molar-refractivity contribution in [2.24, 2.45) is 16.6 Å². The Bertz CT molecular complexity index is 1790. The van der Waals surface area contributed by atoms with E-state index < -0.39 is 60.0 Å². The first-order valence-corrected chi connectivity index (χ1v) is 16.1. The molecule has 3 aliphatic heterocycles. The van der Waals surface area contributed by atoms with E-state index in [2.05, 4.69) is 4.99 Å². The summed E-state index contributed by atoms with van der Waals surface area (Å²) < 4.78 is 152. The van der Waals surface area contributed by atoms with Gasteiger partial charge in [-0.15, -0.1) is 0 Å². The molecule has 0 aromatic heterocycles. The topological polar surface area (TPSA) is 122 Å². The van der Waals surface area contributed by atoms with Crippen LogP contribution in [0.2, 0.25) is 0 Å². The number of sulfonamides is 1. The van der Waals surface area contributed by atoms with Gasteiger partial charge < -0.3 is 10.5 Å². The van der Waals surface area contributed by atoms with Gasteiger partial charge in [0.15, 0.2) is 21.4 Å². The second-order valence-electron chi connectivity index (χ2n) is 10.3. The average Bonchev–Trinajstić information content (AvgIpc) is 3.38. The second kappa shape index (κ2) is 10.8. The summed E-state index contributed by atoms with van der Waals surface area (Å²) in [7, 11) is -8.46. The third-order valence-corrected chi connectivity index (χ3v) is 10.4. The van der Waals surface area contributed by atoms with Crippen LogP contribution >= 0.6 is 0 Å². The zero-order chi connectivity index (χ0) is 32.4. The van der Waals surface area contributed by atoms with Gasteiger partial charge in [0.2, 0.25) is 10.0 Å². The van der Waals surface area contributed by atoms with Crippen molar-refractivity contribution in [2.45, 2.75) is 35.0 Å². The first-order valence-electron chi connectivity index (χ1n) is 12.8. The lowest BCUT2D eigenvalue weighted by Gasteiger charge is -2.33. The Morgan fingerprint density at radius 2 is 1.50 bits per heavy atom. The number of nitrogens with two attached hydrogens (primary N) is 1. The van der Waals surface area contributed by atoms with E-state index in [1.165, 1.54) is 23.4 Å². The summed E-state index contributed by atoms with van der Waals surface area (Å²) in [5.41, 5.74) is 3.30. The number of nitrogens with zero attached hydrogens (tertiary/aromatic N) is 3. The summed E-state index contributed by atoms with van der Waals surface area (Å²) in [5.74, 6) is -1.20. The lowest BCUT2D eigenvalue weighted by atomic mass is 9.89. The number of piperidine rings is 1. The molecule has 3 heterocycles. The molecule has 2 N–H and O–H groups in total. The molecular weight excluding hydrogens is 645 g/mol. The molecule has 3 aliphatic rings. The van der Waals surface area contributed by atoms with Crippen molar-refractivity contribution < 1.29 is 52.3 Å². The van der Waals surface area contributed by atoms with Crippen molar-refractivity contribution in [3.05, 3.63) is 76.2 Å². The number of halogens is 7. The fraction of sp³-hybridized carbons (Fsp3) is 0.346. The van der Waals surface area contributed by atoms with Gasteiger partial charge in [-0.2, -0.15) is 30.6 Å². The van der Waals surface area contributed by atoms with Crippen molar-refractivity contribution in [1.82, 2.24) is 4.31 Å². The summed E-state index contributed by atoms with van der Waals surface area (Å²) >= 11 is 0. The predicted molar refractivity (Wildman–Crippen MR) is 143 cm³/mol. The van der Waals surface area contributed by atoms with E-state index in [1.54, 1.807) is 0 Å². The van der Waals surface area contributed by atoms with Crippen LogP contribution in [0.5, 0.6) is 0 Å². The Balaban J connectivity index is 1.44. The zero-order valence-electron chi connectivity index (χ0n) is 22.6. The van der Waals surface area contributed by atoms with Crippen LogP contribution in [0.25, 0.3) is 0 Å². The number of aliphatic imine (C=N–C) groups is 1. The molecule has 0 unspecified atom stereocenters. The first-order chi connectivity index (χ1) is 20.3. The third kappa shape index (κ3) is 5.89. The molecule has 2 aromatic carbocycles. The number of sulfone groups is 1. The molecule has 0 bridgehead atoms. The standard InChI is InChI=1S/C26H23F7N4O5S2/c1-43(38,39)17-2-3-21(20(27)11-17)37-13-35-24(34)23-22(37)19(12-42-23)14-4-6-36(7-5-14)44(40,41)18-9-15(25(28,29)30)8-16(10-18)26(31,32)33/h2-3,8-11,13-14H,4-7,12,34H2,1H3. The van der Waals surface area contributed by atoms with E-state index in [0.717, 1.165) is 16.6 Å². The number of rotatable bonds is 5. The monoisotopic (exact) mass is 668 g/mol. The lowest BCUT2D eigenvalue weighted by Crippen LogP contribution is -2.39. The zero-order valence-corrected chi connectivity index (χ0v) is 24.2.